The minimum Gasteiger partial charge on any atom is -0.447 e. The number of benzene rings is 1. The van der Waals surface area contributed by atoms with Gasteiger partial charge in [-0.15, -0.1) is 0 Å². The van der Waals surface area contributed by atoms with Crippen LogP contribution in [0, 0.1) is 5.92 Å². The van der Waals surface area contributed by atoms with Crippen LogP contribution in [0.5, 0.6) is 0 Å². The Bertz CT molecular complexity index is 722. The molecule has 2 heterocycles. The maximum absolute atomic E-state index is 12.1. The highest BCUT2D eigenvalue weighted by Gasteiger charge is 2.38. The Morgan fingerprint density at radius 1 is 1.28 bits per heavy atom. The molecular formula is C18H23N5O2. The molecule has 0 radical (unpaired) electrons. The first-order valence-electron chi connectivity index (χ1n) is 8.56. The highest BCUT2D eigenvalue weighted by atomic mass is 16.6. The summed E-state index contributed by atoms with van der Waals surface area (Å²) in [5, 5.41) is 3.33. The standard InChI is InChI=1S/C18H23N5O2/c1-4-14(13-8-6-5-7-9-13)21-16-19-11-20-17(22-16)23-15(12(2)3)10-25-18(23)24/h5-9,11-12,14-15H,4,10H2,1-3H3,(H,19,20,21,22)/t14-,15-/m1/s1. The van der Waals surface area contributed by atoms with Crippen LogP contribution in [0.4, 0.5) is 16.7 Å². The molecule has 1 aliphatic rings. The van der Waals surface area contributed by atoms with Gasteiger partial charge in [0.15, 0.2) is 0 Å². The lowest BCUT2D eigenvalue weighted by molar-refractivity contribution is 0.177. The Hall–Kier alpha value is -2.70. The van der Waals surface area contributed by atoms with Crippen molar-refractivity contribution in [3.63, 3.8) is 0 Å². The molecule has 0 bridgehead atoms. The van der Waals surface area contributed by atoms with Gasteiger partial charge in [0, 0.05) is 0 Å². The summed E-state index contributed by atoms with van der Waals surface area (Å²) < 4.78 is 5.17. The van der Waals surface area contributed by atoms with Crippen molar-refractivity contribution in [3.8, 4) is 0 Å². The summed E-state index contributed by atoms with van der Waals surface area (Å²) in [6, 6.07) is 10.1. The molecule has 7 nitrogen and oxygen atoms in total. The van der Waals surface area contributed by atoms with Crippen molar-refractivity contribution in [2.45, 2.75) is 39.3 Å². The van der Waals surface area contributed by atoms with Crippen molar-refractivity contribution in [3.05, 3.63) is 42.2 Å². The summed E-state index contributed by atoms with van der Waals surface area (Å²) in [7, 11) is 0. The van der Waals surface area contributed by atoms with E-state index in [1.807, 2.05) is 32.0 Å². The third-order valence-corrected chi connectivity index (χ3v) is 4.36. The summed E-state index contributed by atoms with van der Waals surface area (Å²) in [6.45, 7) is 6.54. The van der Waals surface area contributed by atoms with Gasteiger partial charge >= 0.3 is 6.09 Å². The fraction of sp³-hybridized carbons (Fsp3) is 0.444. The fourth-order valence-electron chi connectivity index (χ4n) is 2.89. The molecule has 2 atom stereocenters. The largest absolute Gasteiger partial charge is 0.447 e. The van der Waals surface area contributed by atoms with Gasteiger partial charge in [0.05, 0.1) is 12.1 Å². The monoisotopic (exact) mass is 341 g/mol. The van der Waals surface area contributed by atoms with Crippen molar-refractivity contribution < 1.29 is 9.53 Å². The summed E-state index contributed by atoms with van der Waals surface area (Å²) in [4.78, 5) is 26.4. The van der Waals surface area contributed by atoms with Crippen LogP contribution in [-0.2, 0) is 4.74 Å². The number of carbonyl (C=O) groups excluding carboxylic acids is 1. The first kappa shape index (κ1) is 17.1. The van der Waals surface area contributed by atoms with E-state index in [0.717, 1.165) is 12.0 Å². The number of hydrogen-bond donors (Lipinski definition) is 1. The van der Waals surface area contributed by atoms with E-state index in [0.29, 0.717) is 18.5 Å². The average molecular weight is 341 g/mol. The number of aromatic nitrogens is 3. The second-order valence-electron chi connectivity index (χ2n) is 6.38. The van der Waals surface area contributed by atoms with E-state index in [1.165, 1.54) is 11.2 Å². The van der Waals surface area contributed by atoms with Gasteiger partial charge in [-0.3, -0.25) is 0 Å². The number of cyclic esters (lactones) is 1. The minimum absolute atomic E-state index is 0.0705. The van der Waals surface area contributed by atoms with Gasteiger partial charge in [0.2, 0.25) is 11.9 Å². The molecule has 0 unspecified atom stereocenters. The average Bonchev–Trinajstić information content (AvgIpc) is 3.02. The van der Waals surface area contributed by atoms with Crippen molar-refractivity contribution in [1.82, 2.24) is 15.0 Å². The predicted octanol–water partition coefficient (Wildman–Crippen LogP) is 3.42. The highest BCUT2D eigenvalue weighted by Crippen LogP contribution is 2.25. The van der Waals surface area contributed by atoms with Crippen molar-refractivity contribution >= 4 is 18.0 Å². The van der Waals surface area contributed by atoms with Gasteiger partial charge in [0.1, 0.15) is 12.9 Å². The van der Waals surface area contributed by atoms with Crippen LogP contribution in [0.1, 0.15) is 38.8 Å². The van der Waals surface area contributed by atoms with Crippen molar-refractivity contribution in [1.29, 1.82) is 0 Å². The first-order valence-corrected chi connectivity index (χ1v) is 8.56. The lowest BCUT2D eigenvalue weighted by Crippen LogP contribution is -2.38. The minimum atomic E-state index is -0.411. The Labute approximate surface area is 147 Å². The maximum Gasteiger partial charge on any atom is 0.417 e. The zero-order valence-corrected chi connectivity index (χ0v) is 14.7. The van der Waals surface area contributed by atoms with Gasteiger partial charge in [-0.2, -0.15) is 4.98 Å². The number of rotatable bonds is 6. The van der Waals surface area contributed by atoms with Crippen LogP contribution in [0.15, 0.2) is 36.7 Å². The molecule has 0 spiro atoms. The third kappa shape index (κ3) is 3.70. The number of nitrogens with one attached hydrogen (secondary N) is 1. The van der Waals surface area contributed by atoms with Gasteiger partial charge in [-0.25, -0.2) is 19.7 Å². The van der Waals surface area contributed by atoms with Crippen LogP contribution in [-0.4, -0.2) is 33.7 Å². The molecule has 25 heavy (non-hydrogen) atoms. The first-order chi connectivity index (χ1) is 12.1. The molecule has 1 saturated heterocycles. The number of nitrogens with zero attached hydrogens (tertiary/aromatic N) is 4. The molecule has 1 fully saturated rings. The Balaban J connectivity index is 1.83. The van der Waals surface area contributed by atoms with Crippen molar-refractivity contribution in [2.24, 2.45) is 5.92 Å². The number of carbonyl (C=O) groups is 1. The molecule has 1 aromatic heterocycles. The molecule has 2 aromatic rings. The molecule has 1 aromatic carbocycles. The van der Waals surface area contributed by atoms with Crippen LogP contribution < -0.4 is 10.2 Å². The number of ether oxygens (including phenoxy) is 1. The fourth-order valence-corrected chi connectivity index (χ4v) is 2.89. The SMILES string of the molecule is CC[C@@H](Nc1ncnc(N2C(=O)OC[C@@H]2C(C)C)n1)c1ccccc1. The molecule has 132 valence electrons. The van der Waals surface area contributed by atoms with Crippen molar-refractivity contribution in [2.75, 3.05) is 16.8 Å². The van der Waals surface area contributed by atoms with Gasteiger partial charge < -0.3 is 10.1 Å². The normalized spacial score (nSPS) is 18.3. The molecule has 0 saturated carbocycles. The molecule has 7 heteroatoms. The van der Waals surface area contributed by atoms with Crippen LogP contribution in [0.2, 0.25) is 0 Å². The quantitative estimate of drug-likeness (QED) is 0.867. The topological polar surface area (TPSA) is 80.2 Å². The number of hydrogen-bond acceptors (Lipinski definition) is 6. The molecule has 0 aliphatic carbocycles. The number of anilines is 2. The predicted molar refractivity (Wildman–Crippen MR) is 95.4 cm³/mol. The lowest BCUT2D eigenvalue weighted by atomic mass is 10.1. The maximum atomic E-state index is 12.1. The highest BCUT2D eigenvalue weighted by molar-refractivity contribution is 5.88. The lowest BCUT2D eigenvalue weighted by Gasteiger charge is -2.23. The Kier molecular flexibility index (Phi) is 5.11. The van der Waals surface area contributed by atoms with E-state index in [1.54, 1.807) is 0 Å². The van der Waals surface area contributed by atoms with E-state index < -0.39 is 6.09 Å². The summed E-state index contributed by atoms with van der Waals surface area (Å²) >= 11 is 0. The van der Waals surface area contributed by atoms with E-state index in [-0.39, 0.29) is 18.0 Å². The van der Waals surface area contributed by atoms with Crippen LogP contribution in [0.25, 0.3) is 0 Å². The molecule has 1 aliphatic heterocycles. The summed E-state index contributed by atoms with van der Waals surface area (Å²) in [6.07, 6.45) is 1.89. The Morgan fingerprint density at radius 3 is 2.72 bits per heavy atom. The molecule has 1 N–H and O–H groups in total. The van der Waals surface area contributed by atoms with E-state index in [9.17, 15) is 4.79 Å². The zero-order valence-electron chi connectivity index (χ0n) is 14.7. The zero-order chi connectivity index (χ0) is 17.8. The van der Waals surface area contributed by atoms with Gasteiger partial charge in [-0.1, -0.05) is 51.1 Å². The Morgan fingerprint density at radius 2 is 2.04 bits per heavy atom. The van der Waals surface area contributed by atoms with Gasteiger partial charge in [0.25, 0.3) is 0 Å². The second-order valence-corrected chi connectivity index (χ2v) is 6.38. The van der Waals surface area contributed by atoms with Crippen LogP contribution >= 0.6 is 0 Å². The second kappa shape index (κ2) is 7.46. The van der Waals surface area contributed by atoms with E-state index in [4.69, 9.17) is 4.74 Å². The molecular weight excluding hydrogens is 318 g/mol. The third-order valence-electron chi connectivity index (χ3n) is 4.36. The van der Waals surface area contributed by atoms with E-state index in [2.05, 4.69) is 39.3 Å². The molecule has 3 rings (SSSR count). The number of amides is 1. The summed E-state index contributed by atoms with van der Waals surface area (Å²) in [5.41, 5.74) is 1.16. The summed E-state index contributed by atoms with van der Waals surface area (Å²) in [5.74, 6) is 1.01. The van der Waals surface area contributed by atoms with Gasteiger partial charge in [-0.05, 0) is 17.9 Å². The van der Waals surface area contributed by atoms with E-state index >= 15 is 0 Å². The van der Waals surface area contributed by atoms with Crippen LogP contribution in [0.3, 0.4) is 0 Å². The smallest absolute Gasteiger partial charge is 0.417 e. The molecule has 1 amide bonds.